The van der Waals surface area contributed by atoms with E-state index in [4.69, 9.17) is 11.6 Å². The quantitative estimate of drug-likeness (QED) is 0.818. The van der Waals surface area contributed by atoms with Gasteiger partial charge in [-0.3, -0.25) is 14.5 Å². The molecule has 1 aromatic rings. The molecule has 1 N–H and O–H groups in total. The Morgan fingerprint density at radius 1 is 1.25 bits per heavy atom. The van der Waals surface area contributed by atoms with Crippen molar-refractivity contribution in [1.82, 2.24) is 9.80 Å². The van der Waals surface area contributed by atoms with Gasteiger partial charge in [-0.25, -0.2) is 0 Å². The van der Waals surface area contributed by atoms with Crippen molar-refractivity contribution in [3.05, 3.63) is 28.8 Å². The number of piperazine rings is 1. The molecule has 0 radical (unpaired) electrons. The van der Waals surface area contributed by atoms with Crippen LogP contribution in [0.5, 0.6) is 0 Å². The van der Waals surface area contributed by atoms with Crippen molar-refractivity contribution in [2.45, 2.75) is 12.6 Å². The normalized spacial score (nSPS) is 16.1. The van der Waals surface area contributed by atoms with Crippen LogP contribution in [-0.2, 0) is 15.8 Å². The summed E-state index contributed by atoms with van der Waals surface area (Å²) in [6.07, 6.45) is -3.62. The minimum absolute atomic E-state index is 0.0579. The molecule has 0 unspecified atom stereocenters. The van der Waals surface area contributed by atoms with Gasteiger partial charge in [0, 0.05) is 44.8 Å². The number of rotatable bonds is 5. The van der Waals surface area contributed by atoms with E-state index in [1.54, 1.807) is 4.90 Å². The summed E-state index contributed by atoms with van der Waals surface area (Å²) in [5, 5.41) is 2.04. The van der Waals surface area contributed by atoms with E-state index in [0.717, 1.165) is 18.5 Å². The summed E-state index contributed by atoms with van der Waals surface area (Å²) < 4.78 is 38.4. The third kappa shape index (κ3) is 5.10. The molecule has 2 amide bonds. The standard InChI is InChI=1S/C15H17ClF3N3O2/c16-13-2-1-11(9-12(13)15(17,18)19)20-14(24)3-4-21-5-7-22(10-23)8-6-21/h1-2,9-10H,3-8H2,(H,20,24). The van der Waals surface area contributed by atoms with Crippen LogP contribution >= 0.6 is 11.6 Å². The first-order valence-electron chi connectivity index (χ1n) is 7.38. The first-order valence-corrected chi connectivity index (χ1v) is 7.75. The number of alkyl halides is 3. The minimum Gasteiger partial charge on any atom is -0.343 e. The maximum atomic E-state index is 12.8. The number of hydrogen-bond donors (Lipinski definition) is 1. The van der Waals surface area contributed by atoms with E-state index in [1.165, 1.54) is 6.07 Å². The monoisotopic (exact) mass is 363 g/mol. The Labute approximate surface area is 142 Å². The SMILES string of the molecule is O=CN1CCN(CCC(=O)Nc2ccc(Cl)c(C(F)(F)F)c2)CC1. The van der Waals surface area contributed by atoms with E-state index in [2.05, 4.69) is 5.32 Å². The second kappa shape index (κ2) is 7.85. The third-order valence-electron chi connectivity index (χ3n) is 3.77. The number of anilines is 1. The molecule has 1 heterocycles. The van der Waals surface area contributed by atoms with E-state index in [0.29, 0.717) is 32.7 Å². The average molecular weight is 364 g/mol. The predicted molar refractivity (Wildman–Crippen MR) is 83.8 cm³/mol. The summed E-state index contributed by atoms with van der Waals surface area (Å²) in [5.41, 5.74) is -0.922. The van der Waals surface area contributed by atoms with Crippen LogP contribution in [0.4, 0.5) is 18.9 Å². The lowest BCUT2D eigenvalue weighted by atomic mass is 10.2. The summed E-state index contributed by atoms with van der Waals surface area (Å²) in [6, 6.07) is 3.26. The Balaban J connectivity index is 1.86. The maximum absolute atomic E-state index is 12.8. The zero-order chi connectivity index (χ0) is 17.7. The molecule has 0 atom stereocenters. The van der Waals surface area contributed by atoms with Crippen LogP contribution in [0.25, 0.3) is 0 Å². The molecule has 24 heavy (non-hydrogen) atoms. The van der Waals surface area contributed by atoms with Crippen LogP contribution in [0.15, 0.2) is 18.2 Å². The Kier molecular flexibility index (Phi) is 6.06. The van der Waals surface area contributed by atoms with Gasteiger partial charge in [0.25, 0.3) is 0 Å². The molecule has 5 nitrogen and oxygen atoms in total. The molecule has 0 aliphatic carbocycles. The van der Waals surface area contributed by atoms with Crippen molar-refractivity contribution < 1.29 is 22.8 Å². The van der Waals surface area contributed by atoms with Crippen molar-refractivity contribution >= 4 is 29.6 Å². The highest BCUT2D eigenvalue weighted by molar-refractivity contribution is 6.31. The molecule has 0 saturated carbocycles. The number of nitrogens with one attached hydrogen (secondary N) is 1. The lowest BCUT2D eigenvalue weighted by Crippen LogP contribution is -2.46. The van der Waals surface area contributed by atoms with E-state index in [1.807, 2.05) is 4.90 Å². The molecule has 9 heteroatoms. The zero-order valence-corrected chi connectivity index (χ0v) is 13.5. The highest BCUT2D eigenvalue weighted by Crippen LogP contribution is 2.36. The largest absolute Gasteiger partial charge is 0.417 e. The fourth-order valence-corrected chi connectivity index (χ4v) is 2.62. The van der Waals surface area contributed by atoms with Gasteiger partial charge < -0.3 is 10.2 Å². The van der Waals surface area contributed by atoms with Crippen molar-refractivity contribution in [3.8, 4) is 0 Å². The van der Waals surface area contributed by atoms with Gasteiger partial charge in [0.05, 0.1) is 10.6 Å². The number of amides is 2. The van der Waals surface area contributed by atoms with Crippen molar-refractivity contribution in [3.63, 3.8) is 0 Å². The van der Waals surface area contributed by atoms with Crippen molar-refractivity contribution in [2.75, 3.05) is 38.0 Å². The van der Waals surface area contributed by atoms with Gasteiger partial charge in [0.2, 0.25) is 12.3 Å². The molecule has 1 fully saturated rings. The van der Waals surface area contributed by atoms with Gasteiger partial charge in [0.1, 0.15) is 0 Å². The third-order valence-corrected chi connectivity index (χ3v) is 4.10. The van der Waals surface area contributed by atoms with Crippen molar-refractivity contribution in [1.29, 1.82) is 0 Å². The lowest BCUT2D eigenvalue weighted by molar-refractivity contribution is -0.137. The molecule has 132 valence electrons. The number of carbonyl (C=O) groups is 2. The summed E-state index contributed by atoms with van der Waals surface area (Å²) in [6.45, 7) is 3.04. The molecule has 1 saturated heterocycles. The van der Waals surface area contributed by atoms with E-state index in [9.17, 15) is 22.8 Å². The fraction of sp³-hybridized carbons (Fsp3) is 0.467. The first-order chi connectivity index (χ1) is 11.3. The number of nitrogens with zero attached hydrogens (tertiary/aromatic N) is 2. The molecular formula is C15H17ClF3N3O2. The topological polar surface area (TPSA) is 52.7 Å². The molecule has 0 aromatic heterocycles. The Hall–Kier alpha value is -1.80. The van der Waals surface area contributed by atoms with Gasteiger partial charge in [-0.05, 0) is 18.2 Å². The van der Waals surface area contributed by atoms with Crippen LogP contribution in [0.1, 0.15) is 12.0 Å². The Morgan fingerprint density at radius 3 is 2.50 bits per heavy atom. The summed E-state index contributed by atoms with van der Waals surface area (Å²) >= 11 is 5.54. The lowest BCUT2D eigenvalue weighted by Gasteiger charge is -2.32. The summed E-state index contributed by atoms with van der Waals surface area (Å²) in [4.78, 5) is 26.2. The molecule has 1 aromatic carbocycles. The number of halogens is 4. The summed E-state index contributed by atoms with van der Waals surface area (Å²) in [5.74, 6) is -0.372. The second-order valence-corrected chi connectivity index (χ2v) is 5.88. The van der Waals surface area contributed by atoms with Crippen LogP contribution in [0.2, 0.25) is 5.02 Å². The minimum atomic E-state index is -4.57. The number of hydrogen-bond acceptors (Lipinski definition) is 3. The van der Waals surface area contributed by atoms with E-state index >= 15 is 0 Å². The van der Waals surface area contributed by atoms with E-state index < -0.39 is 16.8 Å². The molecule has 2 rings (SSSR count). The van der Waals surface area contributed by atoms with Crippen LogP contribution in [0.3, 0.4) is 0 Å². The average Bonchev–Trinajstić information content (AvgIpc) is 2.54. The van der Waals surface area contributed by atoms with Crippen molar-refractivity contribution in [2.24, 2.45) is 0 Å². The Bertz CT molecular complexity index is 602. The number of benzene rings is 1. The van der Waals surface area contributed by atoms with Gasteiger partial charge in [-0.1, -0.05) is 11.6 Å². The molecule has 0 spiro atoms. The number of carbonyl (C=O) groups excluding carboxylic acids is 2. The van der Waals surface area contributed by atoms with Crippen LogP contribution in [-0.4, -0.2) is 54.8 Å². The fourth-order valence-electron chi connectivity index (χ4n) is 2.40. The highest BCUT2D eigenvalue weighted by Gasteiger charge is 2.33. The maximum Gasteiger partial charge on any atom is 0.417 e. The zero-order valence-electron chi connectivity index (χ0n) is 12.8. The van der Waals surface area contributed by atoms with Gasteiger partial charge in [-0.2, -0.15) is 13.2 Å². The molecular weight excluding hydrogens is 347 g/mol. The smallest absolute Gasteiger partial charge is 0.343 e. The predicted octanol–water partition coefficient (Wildman–Crippen LogP) is 2.46. The Morgan fingerprint density at radius 2 is 1.92 bits per heavy atom. The molecule has 1 aliphatic heterocycles. The first kappa shape index (κ1) is 18.5. The van der Waals surface area contributed by atoms with Crippen LogP contribution in [0, 0.1) is 0 Å². The molecule has 1 aliphatic rings. The highest BCUT2D eigenvalue weighted by atomic mass is 35.5. The van der Waals surface area contributed by atoms with Gasteiger partial charge >= 0.3 is 6.18 Å². The van der Waals surface area contributed by atoms with Gasteiger partial charge in [0.15, 0.2) is 0 Å². The van der Waals surface area contributed by atoms with E-state index in [-0.39, 0.29) is 18.0 Å². The summed E-state index contributed by atoms with van der Waals surface area (Å²) in [7, 11) is 0. The van der Waals surface area contributed by atoms with Gasteiger partial charge in [-0.15, -0.1) is 0 Å². The molecule has 0 bridgehead atoms. The second-order valence-electron chi connectivity index (χ2n) is 5.47. The van der Waals surface area contributed by atoms with Crippen LogP contribution < -0.4 is 5.32 Å².